The minimum atomic E-state index is -4.89. The molecule has 0 amide bonds. The quantitative estimate of drug-likeness (QED) is 0.0946. The molecule has 0 aliphatic rings. The van der Waals surface area contributed by atoms with E-state index >= 15 is 0 Å². The number of halogens is 3. The molecule has 0 atom stereocenters. The van der Waals surface area contributed by atoms with E-state index in [9.17, 15) is 22.8 Å². The fraction of sp³-hybridized carbons (Fsp3) is 0.250. The van der Waals surface area contributed by atoms with Gasteiger partial charge in [-0.15, -0.1) is 0 Å². The van der Waals surface area contributed by atoms with Crippen molar-refractivity contribution in [2.75, 3.05) is 27.2 Å². The molecule has 8 nitrogen and oxygen atoms in total. The first-order chi connectivity index (χ1) is 22.3. The maximum Gasteiger partial charge on any atom is 0.407 e. The fourth-order valence-electron chi connectivity index (χ4n) is 5.29. The van der Waals surface area contributed by atoms with E-state index in [-0.39, 0.29) is 12.2 Å². The van der Waals surface area contributed by atoms with Gasteiger partial charge in [0.1, 0.15) is 17.2 Å². The summed E-state index contributed by atoms with van der Waals surface area (Å²) < 4.78 is 54.6. The molecule has 0 aliphatic heterocycles. The van der Waals surface area contributed by atoms with Gasteiger partial charge in [-0.2, -0.15) is 13.2 Å². The summed E-state index contributed by atoms with van der Waals surface area (Å²) in [6.07, 6.45) is -4.18. The highest BCUT2D eigenvalue weighted by molar-refractivity contribution is 5.95. The molecule has 1 N–H and O–H groups in total. The third-order valence-electron chi connectivity index (χ3n) is 7.70. The van der Waals surface area contributed by atoms with Gasteiger partial charge >= 0.3 is 12.1 Å². The Morgan fingerprint density at radius 3 is 2.36 bits per heavy atom. The van der Waals surface area contributed by atoms with Crippen molar-refractivity contribution in [1.82, 2.24) is 14.5 Å². The number of H-pyrrole nitrogens is 1. The zero-order valence-corrected chi connectivity index (χ0v) is 26.4. The maximum atomic E-state index is 14.0. The molecule has 3 aromatic carbocycles. The molecule has 5 rings (SSSR count). The lowest BCUT2D eigenvalue weighted by Crippen LogP contribution is -2.25. The minimum absolute atomic E-state index is 0.0124. The first-order valence-electron chi connectivity index (χ1n) is 14.9. The summed E-state index contributed by atoms with van der Waals surface area (Å²) in [5.74, 6) is 0.427. The molecular weight excluding hydrogens is 609 g/mol. The summed E-state index contributed by atoms with van der Waals surface area (Å²) in [6.45, 7) is 12.2. The van der Waals surface area contributed by atoms with Crippen LogP contribution in [0.15, 0.2) is 77.6 Å². The van der Waals surface area contributed by atoms with Crippen LogP contribution in [-0.4, -0.2) is 47.7 Å². The summed E-state index contributed by atoms with van der Waals surface area (Å²) in [5.41, 5.74) is 0.782. The third-order valence-corrected chi connectivity index (χ3v) is 7.70. The van der Waals surface area contributed by atoms with Gasteiger partial charge in [-0.3, -0.25) is 4.79 Å². The monoisotopic (exact) mass is 642 g/mol. The summed E-state index contributed by atoms with van der Waals surface area (Å²) in [5, 5.41) is 0.731. The van der Waals surface area contributed by atoms with E-state index in [4.69, 9.17) is 16.0 Å². The molecule has 0 bridgehead atoms. The predicted molar refractivity (Wildman–Crippen MR) is 174 cm³/mol. The van der Waals surface area contributed by atoms with Gasteiger partial charge in [0.05, 0.1) is 25.3 Å². The first kappa shape index (κ1) is 33.0. The van der Waals surface area contributed by atoms with Gasteiger partial charge in [0.25, 0.3) is 11.2 Å². The molecule has 0 saturated heterocycles. The molecule has 2 heterocycles. The number of alkyl halides is 3. The number of hydrogen-bond donors (Lipinski definition) is 1. The number of benzene rings is 3. The van der Waals surface area contributed by atoms with Crippen molar-refractivity contribution in [3.8, 4) is 22.8 Å². The highest BCUT2D eigenvalue weighted by atomic mass is 19.4. The highest BCUT2D eigenvalue weighted by Crippen LogP contribution is 2.38. The number of nitrogens with zero attached hydrogens (tertiary/aromatic N) is 3. The summed E-state index contributed by atoms with van der Waals surface area (Å²) in [6, 6.07) is 19.7. The van der Waals surface area contributed by atoms with Crippen LogP contribution >= 0.6 is 0 Å². The Balaban J connectivity index is 1.42. The normalized spacial score (nSPS) is 11.6. The second-order valence-corrected chi connectivity index (χ2v) is 11.6. The van der Waals surface area contributed by atoms with Crippen LogP contribution < -0.4 is 10.3 Å². The summed E-state index contributed by atoms with van der Waals surface area (Å²) in [7, 11) is 3.90. The van der Waals surface area contributed by atoms with Crippen LogP contribution in [0.2, 0.25) is 0 Å². The van der Waals surface area contributed by atoms with Crippen molar-refractivity contribution in [3.05, 3.63) is 123 Å². The number of aromatic nitrogens is 2. The highest BCUT2D eigenvalue weighted by Gasteiger charge is 2.36. The number of rotatable bonds is 10. The van der Waals surface area contributed by atoms with Crippen LogP contribution in [0.3, 0.4) is 0 Å². The summed E-state index contributed by atoms with van der Waals surface area (Å²) in [4.78, 5) is 33.9. The van der Waals surface area contributed by atoms with E-state index in [2.05, 4.69) is 9.83 Å². The molecule has 0 fully saturated rings. The van der Waals surface area contributed by atoms with Crippen LogP contribution in [0.4, 0.5) is 18.9 Å². The van der Waals surface area contributed by atoms with Gasteiger partial charge in [0.15, 0.2) is 0 Å². The van der Waals surface area contributed by atoms with Crippen molar-refractivity contribution in [2.45, 2.75) is 33.0 Å². The molecule has 0 spiro atoms. The second-order valence-electron chi connectivity index (χ2n) is 11.6. The zero-order chi connectivity index (χ0) is 33.9. The van der Waals surface area contributed by atoms with Crippen molar-refractivity contribution in [2.24, 2.45) is 0 Å². The van der Waals surface area contributed by atoms with Gasteiger partial charge in [0.2, 0.25) is 0 Å². The number of carbonyl (C=O) groups is 1. The number of aryl methyl sites for hydroxylation is 2. The number of fused-ring (bicyclic) bond motifs is 1. The lowest BCUT2D eigenvalue weighted by atomic mass is 10.0. The Hall–Kier alpha value is -5.34. The Kier molecular flexibility index (Phi) is 9.54. The average molecular weight is 643 g/mol. The number of hydrogen-bond acceptors (Lipinski definition) is 5. The largest absolute Gasteiger partial charge is 0.461 e. The Morgan fingerprint density at radius 2 is 1.70 bits per heavy atom. The number of nitrogens with one attached hydrogen (secondary N) is 1. The van der Waals surface area contributed by atoms with Crippen LogP contribution in [0.5, 0.6) is 11.5 Å². The molecule has 2 aromatic heterocycles. The van der Waals surface area contributed by atoms with E-state index in [1.165, 1.54) is 4.57 Å². The van der Waals surface area contributed by atoms with Crippen molar-refractivity contribution >= 4 is 22.6 Å². The minimum Gasteiger partial charge on any atom is -0.461 e. The Labute approximate surface area is 269 Å². The van der Waals surface area contributed by atoms with Crippen LogP contribution in [0.25, 0.3) is 27.0 Å². The van der Waals surface area contributed by atoms with E-state index in [0.29, 0.717) is 29.4 Å². The SMILES string of the molecule is [C-]#[N+]c1c(C(F)(F)F)cc(-c2ccc(Oc3ccc4[nH]c(C(=O)OCCCN(C)C)cc4c3)cc2)n(Cc2ccc(C)cc2C)c1=O. The topological polar surface area (TPSA) is 80.9 Å². The van der Waals surface area contributed by atoms with E-state index in [1.54, 1.807) is 48.5 Å². The third kappa shape index (κ3) is 7.56. The molecule has 11 heteroatoms. The fourth-order valence-corrected chi connectivity index (χ4v) is 5.29. The van der Waals surface area contributed by atoms with Gasteiger partial charge in [-0.25, -0.2) is 9.64 Å². The van der Waals surface area contributed by atoms with Crippen LogP contribution in [-0.2, 0) is 17.5 Å². The average Bonchev–Trinajstić information content (AvgIpc) is 3.45. The van der Waals surface area contributed by atoms with Gasteiger partial charge in [-0.05, 0) is 106 Å². The standard InChI is InChI=1S/C36H33F3N4O4/c1-22-7-8-25(23(2)17-22)21-43-32(20-29(36(37,38)39)33(40-3)34(43)44)24-9-11-27(12-10-24)47-28-13-14-30-26(18-28)19-31(41-30)35(45)46-16-6-15-42(4)5/h7-14,17-20,41H,6,15-16,21H2,1-2,4-5H3. The second kappa shape index (κ2) is 13.6. The molecule has 0 saturated carbocycles. The molecule has 242 valence electrons. The van der Waals surface area contributed by atoms with Gasteiger partial charge in [-0.1, -0.05) is 23.8 Å². The van der Waals surface area contributed by atoms with Crippen molar-refractivity contribution in [3.63, 3.8) is 0 Å². The van der Waals surface area contributed by atoms with Gasteiger partial charge < -0.3 is 23.9 Å². The maximum absolute atomic E-state index is 14.0. The van der Waals surface area contributed by atoms with Crippen molar-refractivity contribution < 1.29 is 27.4 Å². The van der Waals surface area contributed by atoms with E-state index in [1.807, 2.05) is 51.0 Å². The number of esters is 1. The predicted octanol–water partition coefficient (Wildman–Crippen LogP) is 8.13. The molecule has 47 heavy (non-hydrogen) atoms. The molecular formula is C36H33F3N4O4. The molecule has 5 aromatic rings. The molecule has 0 unspecified atom stereocenters. The number of pyridine rings is 1. The van der Waals surface area contributed by atoms with Crippen LogP contribution in [0.1, 0.15) is 39.2 Å². The molecule has 0 aliphatic carbocycles. The Bertz CT molecular complexity index is 2040. The van der Waals surface area contributed by atoms with Gasteiger partial charge in [0, 0.05) is 23.1 Å². The van der Waals surface area contributed by atoms with E-state index < -0.39 is 29.0 Å². The number of carbonyl (C=O) groups excluding carboxylic acids is 1. The first-order valence-corrected chi connectivity index (χ1v) is 14.9. The lowest BCUT2D eigenvalue weighted by molar-refractivity contribution is -0.136. The summed E-state index contributed by atoms with van der Waals surface area (Å²) >= 11 is 0. The smallest absolute Gasteiger partial charge is 0.407 e. The van der Waals surface area contributed by atoms with Crippen molar-refractivity contribution in [1.29, 1.82) is 0 Å². The number of ether oxygens (including phenoxy) is 2. The lowest BCUT2D eigenvalue weighted by Gasteiger charge is -2.19. The Morgan fingerprint density at radius 1 is 0.979 bits per heavy atom. The van der Waals surface area contributed by atoms with E-state index in [0.717, 1.165) is 46.6 Å². The van der Waals surface area contributed by atoms with Crippen LogP contribution in [0, 0.1) is 20.4 Å². The zero-order valence-electron chi connectivity index (χ0n) is 26.4. The molecule has 0 radical (unpaired) electrons. The number of aromatic amines is 1.